The first-order valence-corrected chi connectivity index (χ1v) is 13.9. The number of hydrogen-bond acceptors (Lipinski definition) is 8. The molecule has 1 amide bonds. The van der Waals surface area contributed by atoms with Gasteiger partial charge in [0.1, 0.15) is 11.9 Å². The summed E-state index contributed by atoms with van der Waals surface area (Å²) in [6.45, 7) is 5.76. The summed E-state index contributed by atoms with van der Waals surface area (Å²) < 4.78 is 16.8. The molecule has 0 aliphatic carbocycles. The summed E-state index contributed by atoms with van der Waals surface area (Å²) in [6, 6.07) is 2.98. The fraction of sp³-hybridized carbons (Fsp3) is 0.714. The zero-order chi connectivity index (χ0) is 26.4. The van der Waals surface area contributed by atoms with Crippen LogP contribution < -0.4 is 15.8 Å². The number of nitrogens with zero attached hydrogens (tertiary/aromatic N) is 2. The van der Waals surface area contributed by atoms with E-state index in [9.17, 15) is 9.59 Å². The largest absolute Gasteiger partial charge is 0.496 e. The van der Waals surface area contributed by atoms with Crippen LogP contribution in [-0.4, -0.2) is 93.4 Å². The molecule has 2 bridgehead atoms. The lowest BCUT2D eigenvalue weighted by atomic mass is 9.86. The number of ether oxygens (including phenoxy) is 3. The molecule has 4 aliphatic rings. The summed E-state index contributed by atoms with van der Waals surface area (Å²) in [7, 11) is 3.17. The quantitative estimate of drug-likeness (QED) is 0.219. The highest BCUT2D eigenvalue weighted by molar-refractivity contribution is 7.59. The Morgan fingerprint density at radius 2 is 1.75 bits per heavy atom. The molecule has 4 heterocycles. The third kappa shape index (κ3) is 9.59. The van der Waals surface area contributed by atoms with Crippen molar-refractivity contribution in [3.8, 4) is 5.75 Å². The molecule has 3 atom stereocenters. The Bertz CT molecular complexity index is 952. The number of halogens is 1. The van der Waals surface area contributed by atoms with E-state index in [0.29, 0.717) is 34.4 Å². The monoisotopic (exact) mass is 620 g/mol. The molecular weight excluding hydrogens is 572 g/mol. The predicted molar refractivity (Wildman–Crippen MR) is 171 cm³/mol. The van der Waals surface area contributed by atoms with Gasteiger partial charge in [0, 0.05) is 39.2 Å². The van der Waals surface area contributed by atoms with E-state index in [-0.39, 0.29) is 64.5 Å². The number of esters is 1. The number of carbonyl (C=O) groups excluding carboxylic acids is 2. The molecule has 12 heteroatoms. The number of amides is 1. The summed E-state index contributed by atoms with van der Waals surface area (Å²) >= 11 is 6.13. The second-order valence-electron chi connectivity index (χ2n) is 10.5. The standard InChI is InChI=1S/C27H41ClN4O5.CH4.2H2S/c1-35-23-15-21(29)20(28)14-19(23)27(34)30-22-9-13-31(17-25(22)36-2)10-5-3-4-6-26(33)37-24-16-32-11-7-18(24)8-12-32;;;/h14-15,18,22,24-25H,3-13,16-17,29H2,1-2H3,(H,30,34);1H4;2*1H2/t22-,24+,25+;;;/m0.../s1. The zero-order valence-electron chi connectivity index (χ0n) is 23.0. The van der Waals surface area contributed by atoms with Crippen molar-refractivity contribution in [1.29, 1.82) is 0 Å². The van der Waals surface area contributed by atoms with Crippen LogP contribution in [0.5, 0.6) is 5.75 Å². The molecule has 0 spiro atoms. The minimum absolute atomic E-state index is 0. The highest BCUT2D eigenvalue weighted by Gasteiger charge is 2.36. The lowest BCUT2D eigenvalue weighted by Crippen LogP contribution is -2.54. The van der Waals surface area contributed by atoms with Crippen molar-refractivity contribution in [2.24, 2.45) is 5.92 Å². The van der Waals surface area contributed by atoms with Crippen molar-refractivity contribution in [3.63, 3.8) is 0 Å². The van der Waals surface area contributed by atoms with E-state index in [1.165, 1.54) is 13.2 Å². The van der Waals surface area contributed by atoms with Crippen molar-refractivity contribution in [3.05, 3.63) is 22.7 Å². The number of methoxy groups -OCH3 is 2. The second kappa shape index (κ2) is 17.6. The van der Waals surface area contributed by atoms with E-state index in [2.05, 4.69) is 15.1 Å². The van der Waals surface area contributed by atoms with Gasteiger partial charge in [-0.25, -0.2) is 0 Å². The van der Waals surface area contributed by atoms with E-state index in [1.54, 1.807) is 13.2 Å². The topological polar surface area (TPSA) is 106 Å². The molecule has 40 heavy (non-hydrogen) atoms. The van der Waals surface area contributed by atoms with Crippen LogP contribution in [0, 0.1) is 5.92 Å². The Hall–Kier alpha value is -1.37. The summed E-state index contributed by atoms with van der Waals surface area (Å²) in [5.74, 6) is 0.637. The van der Waals surface area contributed by atoms with Gasteiger partial charge in [0.25, 0.3) is 5.91 Å². The maximum Gasteiger partial charge on any atom is 0.306 e. The molecule has 0 aromatic heterocycles. The SMILES string of the molecule is C.COc1cc(N)c(Cl)cc1C(=O)N[C@H]1CCN(CCCCCC(=O)O[C@@H]2CN3CCC2CC3)C[C@H]1OC.S.S. The van der Waals surface area contributed by atoms with Crippen molar-refractivity contribution in [2.45, 2.75) is 70.6 Å². The third-order valence-electron chi connectivity index (χ3n) is 8.06. The number of hydrogen-bond donors (Lipinski definition) is 2. The van der Waals surface area contributed by atoms with Crippen molar-refractivity contribution in [2.75, 3.05) is 59.2 Å². The van der Waals surface area contributed by atoms with Crippen molar-refractivity contribution in [1.82, 2.24) is 15.1 Å². The van der Waals surface area contributed by atoms with Crippen LogP contribution >= 0.6 is 38.6 Å². The van der Waals surface area contributed by atoms with Gasteiger partial charge in [0.15, 0.2) is 0 Å². The van der Waals surface area contributed by atoms with Gasteiger partial charge >= 0.3 is 5.97 Å². The Labute approximate surface area is 258 Å². The molecule has 5 rings (SSSR count). The van der Waals surface area contributed by atoms with E-state index < -0.39 is 0 Å². The van der Waals surface area contributed by atoms with Gasteiger partial charge in [-0.3, -0.25) is 14.5 Å². The number of nitrogens with two attached hydrogens (primary N) is 1. The van der Waals surface area contributed by atoms with E-state index >= 15 is 0 Å². The number of rotatable bonds is 11. The number of anilines is 1. The van der Waals surface area contributed by atoms with Crippen LogP contribution in [0.15, 0.2) is 12.1 Å². The normalized spacial score (nSPS) is 25.5. The number of benzene rings is 1. The second-order valence-corrected chi connectivity index (χ2v) is 10.9. The van der Waals surface area contributed by atoms with E-state index in [0.717, 1.165) is 77.8 Å². The van der Waals surface area contributed by atoms with Crippen LogP contribution in [0.3, 0.4) is 0 Å². The van der Waals surface area contributed by atoms with Gasteiger partial charge < -0.3 is 30.2 Å². The zero-order valence-corrected chi connectivity index (χ0v) is 25.8. The van der Waals surface area contributed by atoms with E-state index in [4.69, 9.17) is 31.5 Å². The number of carbonyl (C=O) groups is 2. The first-order chi connectivity index (χ1) is 17.9. The van der Waals surface area contributed by atoms with Crippen LogP contribution in [0.2, 0.25) is 5.02 Å². The summed E-state index contributed by atoms with van der Waals surface area (Å²) in [5, 5.41) is 3.40. The van der Waals surface area contributed by atoms with Gasteiger partial charge in [-0.15, -0.1) is 0 Å². The van der Waals surface area contributed by atoms with Crippen LogP contribution in [0.1, 0.15) is 62.7 Å². The minimum Gasteiger partial charge on any atom is -0.496 e. The molecule has 4 saturated heterocycles. The predicted octanol–water partition coefficient (Wildman–Crippen LogP) is 3.81. The molecule has 1 aromatic carbocycles. The Morgan fingerprint density at radius 3 is 2.38 bits per heavy atom. The highest BCUT2D eigenvalue weighted by Crippen LogP contribution is 2.30. The Morgan fingerprint density at radius 1 is 1.02 bits per heavy atom. The molecule has 4 aliphatic heterocycles. The van der Waals surface area contributed by atoms with Crippen LogP contribution in [-0.2, 0) is 14.3 Å². The van der Waals surface area contributed by atoms with E-state index in [1.807, 2.05) is 0 Å². The van der Waals surface area contributed by atoms with Crippen LogP contribution in [0.4, 0.5) is 5.69 Å². The Kier molecular flexibility index (Phi) is 16.1. The molecule has 9 nitrogen and oxygen atoms in total. The maximum atomic E-state index is 13.0. The average molecular weight is 621 g/mol. The molecule has 230 valence electrons. The molecule has 3 N–H and O–H groups in total. The lowest BCUT2D eigenvalue weighted by Gasteiger charge is -2.43. The van der Waals surface area contributed by atoms with Gasteiger partial charge in [0.2, 0.25) is 0 Å². The smallest absolute Gasteiger partial charge is 0.306 e. The molecular formula is C28H49ClN4O5S2. The minimum atomic E-state index is -0.260. The van der Waals surface area contributed by atoms with Gasteiger partial charge in [-0.1, -0.05) is 25.4 Å². The average Bonchev–Trinajstić information content (AvgIpc) is 2.91. The van der Waals surface area contributed by atoms with Gasteiger partial charge in [-0.05, 0) is 63.7 Å². The fourth-order valence-corrected chi connectivity index (χ4v) is 5.97. The number of fused-ring (bicyclic) bond motifs is 3. The number of nitrogen functional groups attached to an aromatic ring is 1. The maximum absolute atomic E-state index is 13.0. The summed E-state index contributed by atoms with van der Waals surface area (Å²) in [5.41, 5.74) is 6.56. The molecule has 1 aromatic rings. The van der Waals surface area contributed by atoms with Crippen molar-refractivity contribution >= 4 is 56.2 Å². The lowest BCUT2D eigenvalue weighted by molar-refractivity contribution is -0.158. The number of nitrogens with one attached hydrogen (secondary N) is 1. The summed E-state index contributed by atoms with van der Waals surface area (Å²) in [6.07, 6.45) is 6.42. The highest BCUT2D eigenvalue weighted by atomic mass is 35.5. The van der Waals surface area contributed by atoms with Crippen molar-refractivity contribution < 1.29 is 23.8 Å². The number of unbranched alkanes of at least 4 members (excludes halogenated alkanes) is 2. The molecule has 4 fully saturated rings. The number of piperidine rings is 4. The van der Waals surface area contributed by atoms with Crippen LogP contribution in [0.25, 0.3) is 0 Å². The number of likely N-dealkylation sites (tertiary alicyclic amines) is 1. The molecule has 0 radical (unpaired) electrons. The molecule has 0 unspecified atom stereocenters. The first-order valence-electron chi connectivity index (χ1n) is 13.5. The molecule has 0 saturated carbocycles. The van der Waals surface area contributed by atoms with Gasteiger partial charge in [-0.2, -0.15) is 27.0 Å². The fourth-order valence-electron chi connectivity index (χ4n) is 5.80. The first kappa shape index (κ1) is 36.7. The van der Waals surface area contributed by atoms with Gasteiger partial charge in [0.05, 0.1) is 35.5 Å². The Balaban J connectivity index is 0.00000267. The third-order valence-corrected chi connectivity index (χ3v) is 8.39. The summed E-state index contributed by atoms with van der Waals surface area (Å²) in [4.78, 5) is 30.0.